The van der Waals surface area contributed by atoms with Gasteiger partial charge in [0.25, 0.3) is 0 Å². The van der Waals surface area contributed by atoms with Crippen molar-refractivity contribution in [2.45, 2.75) is 13.3 Å². The van der Waals surface area contributed by atoms with E-state index in [1.165, 1.54) is 11.2 Å². The maximum Gasteiger partial charge on any atom is 0.217 e. The first-order valence-electron chi connectivity index (χ1n) is 4.75. The average molecular weight is 256 g/mol. The van der Waals surface area contributed by atoms with Crippen molar-refractivity contribution in [3.8, 4) is 5.88 Å². The number of aromatic nitrogens is 3. The zero-order valence-electron chi connectivity index (χ0n) is 8.68. The van der Waals surface area contributed by atoms with Gasteiger partial charge in [0.1, 0.15) is 11.5 Å². The van der Waals surface area contributed by atoms with Crippen LogP contribution in [0.1, 0.15) is 10.6 Å². The molecule has 0 N–H and O–H groups in total. The van der Waals surface area contributed by atoms with E-state index in [-0.39, 0.29) is 0 Å². The number of thiazole rings is 1. The summed E-state index contributed by atoms with van der Waals surface area (Å²) in [6.07, 6.45) is 2.22. The number of rotatable bonds is 4. The third-order valence-corrected chi connectivity index (χ3v) is 3.23. The van der Waals surface area contributed by atoms with E-state index in [0.29, 0.717) is 17.6 Å². The zero-order chi connectivity index (χ0) is 11.4. The monoisotopic (exact) mass is 255 g/mol. The first kappa shape index (κ1) is 11.3. The van der Waals surface area contributed by atoms with Gasteiger partial charge in [0.2, 0.25) is 5.88 Å². The topological polar surface area (TPSA) is 47.9 Å². The fourth-order valence-corrected chi connectivity index (χ4v) is 2.11. The van der Waals surface area contributed by atoms with Crippen LogP contribution in [0.5, 0.6) is 5.88 Å². The molecular formula is C10H10ClN3OS. The summed E-state index contributed by atoms with van der Waals surface area (Å²) in [6.45, 7) is 2.56. The Hall–Kier alpha value is -1.20. The smallest absolute Gasteiger partial charge is 0.217 e. The van der Waals surface area contributed by atoms with Gasteiger partial charge in [-0.3, -0.25) is 0 Å². The van der Waals surface area contributed by atoms with Crippen LogP contribution < -0.4 is 4.74 Å². The van der Waals surface area contributed by atoms with Gasteiger partial charge in [0, 0.05) is 17.4 Å². The lowest BCUT2D eigenvalue weighted by molar-refractivity contribution is 0.309. The second-order valence-electron chi connectivity index (χ2n) is 3.14. The highest BCUT2D eigenvalue weighted by Crippen LogP contribution is 2.14. The summed E-state index contributed by atoms with van der Waals surface area (Å²) in [7, 11) is 0. The minimum Gasteiger partial charge on any atom is -0.477 e. The zero-order valence-corrected chi connectivity index (χ0v) is 10.3. The predicted octanol–water partition coefficient (Wildman–Crippen LogP) is 2.52. The van der Waals surface area contributed by atoms with Gasteiger partial charge < -0.3 is 4.74 Å². The van der Waals surface area contributed by atoms with Gasteiger partial charge in [-0.1, -0.05) is 11.6 Å². The van der Waals surface area contributed by atoms with Gasteiger partial charge in [-0.15, -0.1) is 11.3 Å². The first-order valence-corrected chi connectivity index (χ1v) is 6.01. The lowest BCUT2D eigenvalue weighted by Gasteiger charge is -2.03. The van der Waals surface area contributed by atoms with Crippen LogP contribution in [0.2, 0.25) is 5.15 Å². The molecule has 2 heterocycles. The molecule has 0 radical (unpaired) electrons. The number of hydrogen-bond acceptors (Lipinski definition) is 5. The van der Waals surface area contributed by atoms with Crippen LogP contribution in [0, 0.1) is 6.92 Å². The summed E-state index contributed by atoms with van der Waals surface area (Å²) in [5, 5.41) is 0.388. The number of hydrogen-bond donors (Lipinski definition) is 0. The molecule has 0 amide bonds. The lowest BCUT2D eigenvalue weighted by atomic mass is 10.3. The SMILES string of the molecule is Cc1ncsc1CCOc1cc(Cl)ncn1. The van der Waals surface area contributed by atoms with E-state index >= 15 is 0 Å². The quantitative estimate of drug-likeness (QED) is 0.788. The van der Waals surface area contributed by atoms with E-state index in [0.717, 1.165) is 12.1 Å². The Labute approximate surface area is 102 Å². The maximum absolute atomic E-state index is 5.71. The Bertz CT molecular complexity index is 475. The van der Waals surface area contributed by atoms with Crippen molar-refractivity contribution >= 4 is 22.9 Å². The van der Waals surface area contributed by atoms with Crippen molar-refractivity contribution in [3.63, 3.8) is 0 Å². The molecule has 0 aliphatic rings. The molecule has 84 valence electrons. The third-order valence-electron chi connectivity index (χ3n) is 2.03. The van der Waals surface area contributed by atoms with Crippen molar-refractivity contribution in [2.24, 2.45) is 0 Å². The van der Waals surface area contributed by atoms with Crippen molar-refractivity contribution in [3.05, 3.63) is 33.6 Å². The number of nitrogens with zero attached hydrogens (tertiary/aromatic N) is 3. The fraction of sp³-hybridized carbons (Fsp3) is 0.300. The largest absolute Gasteiger partial charge is 0.477 e. The summed E-state index contributed by atoms with van der Waals surface area (Å²) in [4.78, 5) is 13.1. The van der Waals surface area contributed by atoms with Crippen LogP contribution in [0.25, 0.3) is 0 Å². The van der Waals surface area contributed by atoms with Crippen LogP contribution in [0.15, 0.2) is 17.9 Å². The molecular weight excluding hydrogens is 246 g/mol. The number of halogens is 1. The molecule has 0 bridgehead atoms. The molecule has 0 fully saturated rings. The van der Waals surface area contributed by atoms with E-state index in [4.69, 9.17) is 16.3 Å². The maximum atomic E-state index is 5.71. The van der Waals surface area contributed by atoms with Gasteiger partial charge in [0.05, 0.1) is 17.8 Å². The molecule has 0 atom stereocenters. The molecule has 2 aromatic heterocycles. The molecule has 0 saturated carbocycles. The Kier molecular flexibility index (Phi) is 3.69. The molecule has 6 heteroatoms. The molecule has 16 heavy (non-hydrogen) atoms. The van der Waals surface area contributed by atoms with Crippen LogP contribution >= 0.6 is 22.9 Å². The van der Waals surface area contributed by atoms with E-state index < -0.39 is 0 Å². The fourth-order valence-electron chi connectivity index (χ4n) is 1.21. The number of ether oxygens (including phenoxy) is 1. The third kappa shape index (κ3) is 2.90. The van der Waals surface area contributed by atoms with E-state index in [1.54, 1.807) is 17.4 Å². The Morgan fingerprint density at radius 2 is 2.25 bits per heavy atom. The second-order valence-corrected chi connectivity index (χ2v) is 4.46. The highest BCUT2D eigenvalue weighted by atomic mass is 35.5. The predicted molar refractivity (Wildman–Crippen MR) is 63.1 cm³/mol. The minimum atomic E-state index is 0.388. The van der Waals surface area contributed by atoms with E-state index in [1.807, 2.05) is 12.4 Å². The molecule has 2 rings (SSSR count). The Morgan fingerprint density at radius 1 is 1.38 bits per heavy atom. The van der Waals surface area contributed by atoms with Crippen LogP contribution in [0.3, 0.4) is 0 Å². The standard InChI is InChI=1S/C10H10ClN3OS/c1-7-8(16-6-14-7)2-3-15-10-4-9(11)12-5-13-10/h4-6H,2-3H2,1H3. The summed E-state index contributed by atoms with van der Waals surface area (Å²) >= 11 is 7.35. The molecule has 0 unspecified atom stereocenters. The van der Waals surface area contributed by atoms with Crippen molar-refractivity contribution < 1.29 is 4.74 Å². The molecule has 4 nitrogen and oxygen atoms in total. The Balaban J connectivity index is 1.87. The molecule has 0 aliphatic heterocycles. The van der Waals surface area contributed by atoms with Gasteiger partial charge >= 0.3 is 0 Å². The van der Waals surface area contributed by atoms with Gasteiger partial charge in [-0.2, -0.15) is 0 Å². The van der Waals surface area contributed by atoms with Gasteiger partial charge in [-0.05, 0) is 6.92 Å². The van der Waals surface area contributed by atoms with E-state index in [9.17, 15) is 0 Å². The molecule has 0 aliphatic carbocycles. The highest BCUT2D eigenvalue weighted by molar-refractivity contribution is 7.09. The molecule has 0 saturated heterocycles. The van der Waals surface area contributed by atoms with Crippen LogP contribution in [-0.4, -0.2) is 21.6 Å². The summed E-state index contributed by atoms with van der Waals surface area (Å²) in [5.74, 6) is 0.502. The second kappa shape index (κ2) is 5.23. The van der Waals surface area contributed by atoms with Gasteiger partial charge in [0.15, 0.2) is 0 Å². The summed E-state index contributed by atoms with van der Waals surface area (Å²) < 4.78 is 5.46. The van der Waals surface area contributed by atoms with Crippen LogP contribution in [0.4, 0.5) is 0 Å². The summed E-state index contributed by atoms with van der Waals surface area (Å²) in [6, 6.07) is 1.60. The highest BCUT2D eigenvalue weighted by Gasteiger charge is 2.02. The average Bonchev–Trinajstić information content (AvgIpc) is 2.65. The normalized spacial score (nSPS) is 10.4. The van der Waals surface area contributed by atoms with Crippen LogP contribution in [-0.2, 0) is 6.42 Å². The van der Waals surface area contributed by atoms with Crippen molar-refractivity contribution in [1.82, 2.24) is 15.0 Å². The van der Waals surface area contributed by atoms with E-state index in [2.05, 4.69) is 15.0 Å². The van der Waals surface area contributed by atoms with Crippen molar-refractivity contribution in [1.29, 1.82) is 0 Å². The molecule has 2 aromatic rings. The number of aryl methyl sites for hydroxylation is 1. The Morgan fingerprint density at radius 3 is 2.94 bits per heavy atom. The summed E-state index contributed by atoms with van der Waals surface area (Å²) in [5.41, 5.74) is 2.90. The lowest BCUT2D eigenvalue weighted by Crippen LogP contribution is -2.02. The first-order chi connectivity index (χ1) is 7.75. The minimum absolute atomic E-state index is 0.388. The van der Waals surface area contributed by atoms with Crippen molar-refractivity contribution in [2.75, 3.05) is 6.61 Å². The van der Waals surface area contributed by atoms with Gasteiger partial charge in [-0.25, -0.2) is 15.0 Å². The molecule has 0 spiro atoms. The molecule has 0 aromatic carbocycles.